The molecule has 1 aromatic carbocycles. The molecule has 3 nitrogen and oxygen atoms in total. The molecular weight excluding hydrogens is 192 g/mol. The zero-order chi connectivity index (χ0) is 10.5. The van der Waals surface area contributed by atoms with Crippen LogP contribution in [0.15, 0.2) is 42.5 Å². The number of carbonyl (C=O) groups excluding carboxylic acids is 1. The van der Waals surface area contributed by atoms with Crippen LogP contribution in [-0.4, -0.2) is 18.9 Å². The second-order valence-corrected chi connectivity index (χ2v) is 3.23. The predicted molar refractivity (Wildman–Crippen MR) is 55.4 cm³/mol. The third-order valence-electron chi connectivity index (χ3n) is 2.09. The summed E-state index contributed by atoms with van der Waals surface area (Å²) < 4.78 is 10.4. The number of esters is 1. The van der Waals surface area contributed by atoms with Gasteiger partial charge in [0.05, 0.1) is 12.2 Å². The van der Waals surface area contributed by atoms with E-state index in [1.165, 1.54) is 0 Å². The van der Waals surface area contributed by atoms with Gasteiger partial charge >= 0.3 is 5.97 Å². The summed E-state index contributed by atoms with van der Waals surface area (Å²) in [7, 11) is 0. The fourth-order valence-corrected chi connectivity index (χ4v) is 1.34. The molecule has 1 aromatic rings. The zero-order valence-electron chi connectivity index (χ0n) is 8.26. The zero-order valence-corrected chi connectivity index (χ0v) is 8.26. The molecule has 0 spiro atoms. The Balaban J connectivity index is 1.98. The standard InChI is InChI=1S/C12H12O3/c13-12(10-6-2-1-3-7-10)15-11-8-4-5-9-14-11/h1-4,6-8,11H,5,9H2/t11-/m1/s1. The smallest absolute Gasteiger partial charge is 0.340 e. The second-order valence-electron chi connectivity index (χ2n) is 3.23. The molecule has 1 aliphatic rings. The lowest BCUT2D eigenvalue weighted by Gasteiger charge is -2.17. The average molecular weight is 204 g/mol. The number of carbonyl (C=O) groups is 1. The molecule has 15 heavy (non-hydrogen) atoms. The van der Waals surface area contributed by atoms with Crippen LogP contribution in [0, 0.1) is 0 Å². The quantitative estimate of drug-likeness (QED) is 0.547. The van der Waals surface area contributed by atoms with Crippen LogP contribution >= 0.6 is 0 Å². The minimum Gasteiger partial charge on any atom is -0.428 e. The lowest BCUT2D eigenvalue weighted by Crippen LogP contribution is -2.22. The summed E-state index contributed by atoms with van der Waals surface area (Å²) in [6, 6.07) is 8.89. The van der Waals surface area contributed by atoms with Gasteiger partial charge in [0.2, 0.25) is 6.29 Å². The van der Waals surface area contributed by atoms with Crippen LogP contribution in [0.1, 0.15) is 16.8 Å². The molecule has 1 heterocycles. The summed E-state index contributed by atoms with van der Waals surface area (Å²) in [4.78, 5) is 11.6. The van der Waals surface area contributed by atoms with Gasteiger partial charge in [0, 0.05) is 0 Å². The van der Waals surface area contributed by atoms with E-state index in [9.17, 15) is 4.79 Å². The Labute approximate surface area is 88.3 Å². The Morgan fingerprint density at radius 2 is 2.13 bits per heavy atom. The number of rotatable bonds is 2. The molecule has 2 rings (SSSR count). The maximum Gasteiger partial charge on any atom is 0.340 e. The molecule has 0 aliphatic carbocycles. The van der Waals surface area contributed by atoms with Crippen LogP contribution in [0.4, 0.5) is 0 Å². The summed E-state index contributed by atoms with van der Waals surface area (Å²) in [5, 5.41) is 0. The van der Waals surface area contributed by atoms with Gasteiger partial charge in [-0.2, -0.15) is 0 Å². The van der Waals surface area contributed by atoms with Crippen LogP contribution in [0.5, 0.6) is 0 Å². The van der Waals surface area contributed by atoms with Crippen molar-refractivity contribution in [3.63, 3.8) is 0 Å². The number of hydrogen-bond donors (Lipinski definition) is 0. The highest BCUT2D eigenvalue weighted by atomic mass is 16.7. The number of hydrogen-bond acceptors (Lipinski definition) is 3. The molecular formula is C12H12O3. The Morgan fingerprint density at radius 1 is 1.33 bits per heavy atom. The van der Waals surface area contributed by atoms with Gasteiger partial charge in [-0.3, -0.25) is 0 Å². The summed E-state index contributed by atoms with van der Waals surface area (Å²) >= 11 is 0. The first-order chi connectivity index (χ1) is 7.36. The Bertz CT molecular complexity index is 356. The van der Waals surface area contributed by atoms with Crippen LogP contribution in [-0.2, 0) is 9.47 Å². The third kappa shape index (κ3) is 2.67. The van der Waals surface area contributed by atoms with E-state index in [0.29, 0.717) is 12.2 Å². The molecule has 1 atom stereocenters. The van der Waals surface area contributed by atoms with Crippen molar-refractivity contribution < 1.29 is 14.3 Å². The first-order valence-electron chi connectivity index (χ1n) is 4.90. The van der Waals surface area contributed by atoms with E-state index in [1.54, 1.807) is 30.3 Å². The van der Waals surface area contributed by atoms with Crippen LogP contribution < -0.4 is 0 Å². The minimum atomic E-state index is -0.536. The Morgan fingerprint density at radius 3 is 2.80 bits per heavy atom. The summed E-state index contributed by atoms with van der Waals surface area (Å²) in [6.07, 6.45) is 4.04. The SMILES string of the molecule is O=C(O[C@@H]1C=CCCO1)c1ccccc1. The molecule has 0 radical (unpaired) electrons. The van der Waals surface area contributed by atoms with Crippen LogP contribution in [0.3, 0.4) is 0 Å². The first-order valence-corrected chi connectivity index (χ1v) is 4.90. The lowest BCUT2D eigenvalue weighted by atomic mass is 10.2. The maximum atomic E-state index is 11.6. The number of ether oxygens (including phenoxy) is 2. The minimum absolute atomic E-state index is 0.354. The predicted octanol–water partition coefficient (Wildman–Crippen LogP) is 2.15. The van der Waals surface area contributed by atoms with Crippen molar-refractivity contribution in [2.45, 2.75) is 12.7 Å². The van der Waals surface area contributed by atoms with Gasteiger partial charge in [-0.1, -0.05) is 24.3 Å². The highest BCUT2D eigenvalue weighted by Gasteiger charge is 2.14. The van der Waals surface area contributed by atoms with Gasteiger partial charge in [0.15, 0.2) is 0 Å². The third-order valence-corrected chi connectivity index (χ3v) is 2.09. The van der Waals surface area contributed by atoms with Gasteiger partial charge in [-0.05, 0) is 24.6 Å². The molecule has 3 heteroatoms. The molecule has 0 saturated carbocycles. The second kappa shape index (κ2) is 4.75. The lowest BCUT2D eigenvalue weighted by molar-refractivity contribution is -0.0841. The van der Waals surface area contributed by atoms with Gasteiger partial charge in [0.1, 0.15) is 0 Å². The van der Waals surface area contributed by atoms with E-state index in [1.807, 2.05) is 12.1 Å². The van der Waals surface area contributed by atoms with Crippen molar-refractivity contribution in [1.29, 1.82) is 0 Å². The molecule has 0 fully saturated rings. The van der Waals surface area contributed by atoms with Crippen molar-refractivity contribution in [2.75, 3.05) is 6.61 Å². The van der Waals surface area contributed by atoms with E-state index < -0.39 is 6.29 Å². The molecule has 1 aliphatic heterocycles. The maximum absolute atomic E-state index is 11.6. The monoisotopic (exact) mass is 204 g/mol. The van der Waals surface area contributed by atoms with E-state index in [0.717, 1.165) is 6.42 Å². The van der Waals surface area contributed by atoms with Crippen molar-refractivity contribution in [3.05, 3.63) is 48.0 Å². The number of benzene rings is 1. The van der Waals surface area contributed by atoms with Gasteiger partial charge in [-0.15, -0.1) is 0 Å². The summed E-state index contributed by atoms with van der Waals surface area (Å²) in [6.45, 7) is 0.600. The molecule has 0 aromatic heterocycles. The fourth-order valence-electron chi connectivity index (χ4n) is 1.34. The van der Waals surface area contributed by atoms with E-state index in [-0.39, 0.29) is 5.97 Å². The van der Waals surface area contributed by atoms with Crippen molar-refractivity contribution in [3.8, 4) is 0 Å². The van der Waals surface area contributed by atoms with Gasteiger partial charge in [-0.25, -0.2) is 4.79 Å². The van der Waals surface area contributed by atoms with Crippen molar-refractivity contribution >= 4 is 5.97 Å². The first kappa shape index (κ1) is 9.93. The normalized spacial score (nSPS) is 19.9. The van der Waals surface area contributed by atoms with E-state index in [2.05, 4.69) is 0 Å². The molecule has 0 saturated heterocycles. The average Bonchev–Trinajstić information content (AvgIpc) is 2.31. The Hall–Kier alpha value is -1.61. The van der Waals surface area contributed by atoms with Crippen LogP contribution in [0.2, 0.25) is 0 Å². The highest BCUT2D eigenvalue weighted by Crippen LogP contribution is 2.09. The Kier molecular flexibility index (Phi) is 3.15. The van der Waals surface area contributed by atoms with Crippen LogP contribution in [0.25, 0.3) is 0 Å². The molecule has 0 unspecified atom stereocenters. The van der Waals surface area contributed by atoms with Gasteiger partial charge < -0.3 is 9.47 Å². The largest absolute Gasteiger partial charge is 0.428 e. The topological polar surface area (TPSA) is 35.5 Å². The van der Waals surface area contributed by atoms with E-state index >= 15 is 0 Å². The molecule has 78 valence electrons. The van der Waals surface area contributed by atoms with Crippen molar-refractivity contribution in [1.82, 2.24) is 0 Å². The van der Waals surface area contributed by atoms with Gasteiger partial charge in [0.25, 0.3) is 0 Å². The van der Waals surface area contributed by atoms with E-state index in [4.69, 9.17) is 9.47 Å². The fraction of sp³-hybridized carbons (Fsp3) is 0.250. The molecule has 0 N–H and O–H groups in total. The molecule has 0 bridgehead atoms. The summed E-state index contributed by atoms with van der Waals surface area (Å²) in [5.74, 6) is -0.354. The molecule has 0 amide bonds. The summed E-state index contributed by atoms with van der Waals surface area (Å²) in [5.41, 5.74) is 0.542. The highest BCUT2D eigenvalue weighted by molar-refractivity contribution is 5.89. The van der Waals surface area contributed by atoms with Crippen molar-refractivity contribution in [2.24, 2.45) is 0 Å².